The molecule has 3 rings (SSSR count). The Balaban J connectivity index is 1.62. The molecule has 26 heavy (non-hydrogen) atoms. The molecule has 3 aromatic rings. The highest BCUT2D eigenvalue weighted by molar-refractivity contribution is 5.83. The molecule has 2 aromatic carbocycles. The van der Waals surface area contributed by atoms with Gasteiger partial charge in [-0.15, -0.1) is 0 Å². The van der Waals surface area contributed by atoms with Crippen molar-refractivity contribution < 1.29 is 19.4 Å². The van der Waals surface area contributed by atoms with E-state index >= 15 is 0 Å². The highest BCUT2D eigenvalue weighted by Gasteiger charge is 2.21. The third-order valence-electron chi connectivity index (χ3n) is 3.95. The zero-order valence-electron chi connectivity index (χ0n) is 14.0. The molecule has 0 saturated carbocycles. The summed E-state index contributed by atoms with van der Waals surface area (Å²) in [6.07, 6.45) is 2.81. The van der Waals surface area contributed by atoms with Crippen molar-refractivity contribution in [2.45, 2.75) is 19.1 Å². The van der Waals surface area contributed by atoms with Crippen molar-refractivity contribution in [1.82, 2.24) is 10.3 Å². The molecule has 6 heteroatoms. The lowest BCUT2D eigenvalue weighted by molar-refractivity contribution is -0.139. The fourth-order valence-electron chi connectivity index (χ4n) is 2.60. The van der Waals surface area contributed by atoms with Crippen molar-refractivity contribution in [3.05, 3.63) is 78.1 Å². The Morgan fingerprint density at radius 3 is 2.62 bits per heavy atom. The number of aliphatic carboxylic acids is 1. The van der Waals surface area contributed by atoms with Gasteiger partial charge in [-0.1, -0.05) is 42.5 Å². The Morgan fingerprint density at radius 2 is 1.85 bits per heavy atom. The summed E-state index contributed by atoms with van der Waals surface area (Å²) >= 11 is 0. The number of carboxylic acid groups (broad SMARTS) is 1. The standard InChI is InChI=1S/C20H18N2O4/c23-19(24)18(22-20(25)26-13-14-4-2-1-3-5-14)11-15-6-7-16-8-9-21-12-17(16)10-15/h1-10,12,18H,11,13H2,(H,22,25)(H,23,24)/t18-/m1/s1. The van der Waals surface area contributed by atoms with E-state index in [0.29, 0.717) is 0 Å². The van der Waals surface area contributed by atoms with E-state index in [1.54, 1.807) is 12.4 Å². The molecule has 6 nitrogen and oxygen atoms in total. The third-order valence-corrected chi connectivity index (χ3v) is 3.95. The maximum atomic E-state index is 11.9. The van der Waals surface area contributed by atoms with Crippen molar-refractivity contribution >= 4 is 22.8 Å². The number of aromatic nitrogens is 1. The second-order valence-corrected chi connectivity index (χ2v) is 5.86. The van der Waals surface area contributed by atoms with Crippen LogP contribution in [0.2, 0.25) is 0 Å². The SMILES string of the molecule is O=C(N[C@H](Cc1ccc2ccncc2c1)C(=O)O)OCc1ccccc1. The van der Waals surface area contributed by atoms with Crippen LogP contribution in [0.5, 0.6) is 0 Å². The monoisotopic (exact) mass is 350 g/mol. The Morgan fingerprint density at radius 1 is 1.04 bits per heavy atom. The first kappa shape index (κ1) is 17.4. The van der Waals surface area contributed by atoms with Crippen LogP contribution in [0.3, 0.4) is 0 Å². The molecule has 0 aliphatic heterocycles. The largest absolute Gasteiger partial charge is 0.480 e. The molecule has 2 N–H and O–H groups in total. The van der Waals surface area contributed by atoms with Gasteiger partial charge in [0.25, 0.3) is 0 Å². The maximum absolute atomic E-state index is 11.9. The topological polar surface area (TPSA) is 88.5 Å². The summed E-state index contributed by atoms with van der Waals surface area (Å²) in [7, 11) is 0. The van der Waals surface area contributed by atoms with Crippen molar-refractivity contribution in [1.29, 1.82) is 0 Å². The second kappa shape index (κ2) is 8.11. The van der Waals surface area contributed by atoms with Gasteiger partial charge in [0.2, 0.25) is 0 Å². The lowest BCUT2D eigenvalue weighted by Crippen LogP contribution is -2.42. The number of benzene rings is 2. The smallest absolute Gasteiger partial charge is 0.408 e. The van der Waals surface area contributed by atoms with Gasteiger partial charge in [0.05, 0.1) is 0 Å². The van der Waals surface area contributed by atoms with Crippen LogP contribution in [0.25, 0.3) is 10.8 Å². The maximum Gasteiger partial charge on any atom is 0.408 e. The minimum atomic E-state index is -1.12. The Bertz CT molecular complexity index is 912. The number of ether oxygens (including phenoxy) is 1. The van der Waals surface area contributed by atoms with Gasteiger partial charge in [0.15, 0.2) is 0 Å². The average molecular weight is 350 g/mol. The number of carbonyl (C=O) groups is 2. The summed E-state index contributed by atoms with van der Waals surface area (Å²) in [4.78, 5) is 27.5. The second-order valence-electron chi connectivity index (χ2n) is 5.86. The Labute approximate surface area is 150 Å². The number of hydrogen-bond acceptors (Lipinski definition) is 4. The number of carbonyl (C=O) groups excluding carboxylic acids is 1. The van der Waals surface area contributed by atoms with Crippen LogP contribution in [0.1, 0.15) is 11.1 Å². The van der Waals surface area contributed by atoms with Gasteiger partial charge in [0, 0.05) is 24.2 Å². The number of hydrogen-bond donors (Lipinski definition) is 2. The van der Waals surface area contributed by atoms with Gasteiger partial charge in [-0.05, 0) is 28.6 Å². The molecule has 1 aromatic heterocycles. The van der Waals surface area contributed by atoms with E-state index in [2.05, 4.69) is 10.3 Å². The molecule has 0 radical (unpaired) electrons. The molecule has 0 bridgehead atoms. The van der Waals surface area contributed by atoms with E-state index < -0.39 is 18.1 Å². The van der Waals surface area contributed by atoms with E-state index in [0.717, 1.165) is 21.9 Å². The van der Waals surface area contributed by atoms with E-state index in [1.165, 1.54) is 0 Å². The first-order valence-electron chi connectivity index (χ1n) is 8.14. The molecule has 0 spiro atoms. The van der Waals surface area contributed by atoms with Gasteiger partial charge in [-0.3, -0.25) is 4.98 Å². The Hall–Kier alpha value is -3.41. The molecule has 0 fully saturated rings. The van der Waals surface area contributed by atoms with Gasteiger partial charge in [0.1, 0.15) is 12.6 Å². The predicted octanol–water partition coefficient (Wildman–Crippen LogP) is 3.16. The first-order chi connectivity index (χ1) is 12.6. The zero-order chi connectivity index (χ0) is 18.4. The molecule has 0 aliphatic carbocycles. The fourth-order valence-corrected chi connectivity index (χ4v) is 2.60. The Kier molecular flexibility index (Phi) is 5.43. The van der Waals surface area contributed by atoms with E-state index in [9.17, 15) is 14.7 Å². The van der Waals surface area contributed by atoms with Gasteiger partial charge in [-0.25, -0.2) is 9.59 Å². The van der Waals surface area contributed by atoms with Crippen LogP contribution in [-0.4, -0.2) is 28.2 Å². The summed E-state index contributed by atoms with van der Waals surface area (Å²) < 4.78 is 5.09. The van der Waals surface area contributed by atoms with Gasteiger partial charge >= 0.3 is 12.1 Å². The average Bonchev–Trinajstić information content (AvgIpc) is 2.66. The van der Waals surface area contributed by atoms with Crippen molar-refractivity contribution in [3.8, 4) is 0 Å². The normalized spacial score (nSPS) is 11.7. The summed E-state index contributed by atoms with van der Waals surface area (Å²) in [5.74, 6) is -1.12. The van der Waals surface area contributed by atoms with E-state index in [4.69, 9.17) is 4.74 Å². The van der Waals surface area contributed by atoms with Gasteiger partial charge in [-0.2, -0.15) is 0 Å². The molecule has 1 heterocycles. The minimum absolute atomic E-state index is 0.0840. The molecule has 1 amide bonds. The molecule has 0 aliphatic rings. The van der Waals surface area contributed by atoms with Crippen molar-refractivity contribution in [2.75, 3.05) is 0 Å². The molecule has 132 valence electrons. The number of amides is 1. The summed E-state index contributed by atoms with van der Waals surface area (Å²) in [6.45, 7) is 0.0840. The predicted molar refractivity (Wildman–Crippen MR) is 96.6 cm³/mol. The molecular formula is C20H18N2O4. The number of nitrogens with one attached hydrogen (secondary N) is 1. The van der Waals surface area contributed by atoms with Crippen LogP contribution in [0.4, 0.5) is 4.79 Å². The molecular weight excluding hydrogens is 332 g/mol. The van der Waals surface area contributed by atoms with Crippen LogP contribution in [0.15, 0.2) is 67.0 Å². The van der Waals surface area contributed by atoms with Crippen molar-refractivity contribution in [2.24, 2.45) is 0 Å². The summed E-state index contributed by atoms with van der Waals surface area (Å²) in [6, 6.07) is 15.6. The number of pyridine rings is 1. The quantitative estimate of drug-likeness (QED) is 0.713. The molecule has 1 atom stereocenters. The number of alkyl carbamates (subject to hydrolysis) is 1. The first-order valence-corrected chi connectivity index (χ1v) is 8.14. The molecule has 0 unspecified atom stereocenters. The van der Waals surface area contributed by atoms with E-state index in [1.807, 2.05) is 54.6 Å². The fraction of sp³-hybridized carbons (Fsp3) is 0.150. The number of nitrogens with zero attached hydrogens (tertiary/aromatic N) is 1. The minimum Gasteiger partial charge on any atom is -0.480 e. The highest BCUT2D eigenvalue weighted by Crippen LogP contribution is 2.16. The number of carboxylic acids is 1. The van der Waals surface area contributed by atoms with Crippen LogP contribution in [0, 0.1) is 0 Å². The van der Waals surface area contributed by atoms with Crippen LogP contribution >= 0.6 is 0 Å². The zero-order valence-corrected chi connectivity index (χ0v) is 14.0. The highest BCUT2D eigenvalue weighted by atomic mass is 16.5. The number of fused-ring (bicyclic) bond motifs is 1. The number of rotatable bonds is 6. The molecule has 0 saturated heterocycles. The van der Waals surface area contributed by atoms with Crippen molar-refractivity contribution in [3.63, 3.8) is 0 Å². The van der Waals surface area contributed by atoms with Gasteiger partial charge < -0.3 is 15.2 Å². The van der Waals surface area contributed by atoms with E-state index in [-0.39, 0.29) is 13.0 Å². The lowest BCUT2D eigenvalue weighted by atomic mass is 10.0. The summed E-state index contributed by atoms with van der Waals surface area (Å²) in [5.41, 5.74) is 1.62. The lowest BCUT2D eigenvalue weighted by Gasteiger charge is -2.15. The van der Waals surface area contributed by atoms with Crippen LogP contribution < -0.4 is 5.32 Å². The third kappa shape index (κ3) is 4.57. The summed E-state index contributed by atoms with van der Waals surface area (Å²) in [5, 5.41) is 13.7. The van der Waals surface area contributed by atoms with Crippen LogP contribution in [-0.2, 0) is 22.6 Å².